The first-order valence-corrected chi connectivity index (χ1v) is 10.5. The molecule has 0 bridgehead atoms. The number of guanidine groups is 1. The average Bonchev–Trinajstić information content (AvgIpc) is 2.65. The highest BCUT2D eigenvalue weighted by atomic mass is 127. The first kappa shape index (κ1) is 25.6. The van der Waals surface area contributed by atoms with Crippen molar-refractivity contribution >= 4 is 45.9 Å². The van der Waals surface area contributed by atoms with E-state index in [1.165, 1.54) is 6.07 Å². The van der Waals surface area contributed by atoms with E-state index >= 15 is 0 Å². The van der Waals surface area contributed by atoms with Gasteiger partial charge in [-0.25, -0.2) is 4.39 Å². The molecule has 1 fully saturated rings. The van der Waals surface area contributed by atoms with E-state index in [1.54, 1.807) is 0 Å². The number of hydrogen-bond acceptors (Lipinski definition) is 3. The molecule has 0 aliphatic carbocycles. The highest BCUT2D eigenvalue weighted by Crippen LogP contribution is 2.26. The van der Waals surface area contributed by atoms with Gasteiger partial charge in [0.1, 0.15) is 5.82 Å². The topological polar surface area (TPSA) is 48.9 Å². The molecule has 8 heteroatoms. The molecule has 0 spiro atoms. The van der Waals surface area contributed by atoms with Gasteiger partial charge in [-0.1, -0.05) is 22.0 Å². The Bertz CT molecular complexity index is 624. The number of halogens is 3. The van der Waals surface area contributed by atoms with Crippen LogP contribution >= 0.6 is 39.9 Å². The Morgan fingerprint density at radius 1 is 1.29 bits per heavy atom. The summed E-state index contributed by atoms with van der Waals surface area (Å²) in [5.74, 6) is 0.666. The molecule has 0 atom stereocenters. The van der Waals surface area contributed by atoms with Crippen LogP contribution in [0.5, 0.6) is 0 Å². The molecular formula is C20H33BrFIN4O. The maximum absolute atomic E-state index is 13.9. The summed E-state index contributed by atoms with van der Waals surface area (Å²) in [6.07, 6.45) is 3.53. The normalized spacial score (nSPS) is 16.6. The molecule has 2 rings (SSSR count). The maximum atomic E-state index is 13.9. The first-order chi connectivity index (χ1) is 13.0. The molecule has 1 heterocycles. The molecule has 5 nitrogen and oxygen atoms in total. The van der Waals surface area contributed by atoms with Crippen LogP contribution in [0.1, 0.15) is 31.7 Å². The Hall–Kier alpha value is -0.450. The van der Waals surface area contributed by atoms with Crippen molar-refractivity contribution in [2.45, 2.75) is 38.1 Å². The van der Waals surface area contributed by atoms with E-state index in [4.69, 9.17) is 9.73 Å². The van der Waals surface area contributed by atoms with Gasteiger partial charge in [0, 0.05) is 36.3 Å². The van der Waals surface area contributed by atoms with Gasteiger partial charge >= 0.3 is 0 Å². The van der Waals surface area contributed by atoms with Crippen molar-refractivity contribution in [3.63, 3.8) is 0 Å². The molecule has 0 radical (unpaired) electrons. The van der Waals surface area contributed by atoms with Crippen LogP contribution in [0.4, 0.5) is 4.39 Å². The van der Waals surface area contributed by atoms with Crippen molar-refractivity contribution < 1.29 is 9.13 Å². The molecule has 2 N–H and O–H groups in total. The lowest BCUT2D eigenvalue weighted by molar-refractivity contribution is -0.00254. The predicted octanol–water partition coefficient (Wildman–Crippen LogP) is 3.80. The Balaban J connectivity index is 0.00000392. The van der Waals surface area contributed by atoms with Crippen LogP contribution in [0.3, 0.4) is 0 Å². The highest BCUT2D eigenvalue weighted by Gasteiger charge is 2.34. The minimum absolute atomic E-state index is 0. The number of benzene rings is 1. The van der Waals surface area contributed by atoms with Crippen molar-refractivity contribution in [3.05, 3.63) is 34.1 Å². The van der Waals surface area contributed by atoms with Gasteiger partial charge in [0.25, 0.3) is 0 Å². The van der Waals surface area contributed by atoms with Gasteiger partial charge < -0.3 is 20.3 Å². The van der Waals surface area contributed by atoms with E-state index in [1.807, 2.05) is 12.1 Å². The number of nitrogens with zero attached hydrogens (tertiary/aromatic N) is 2. The molecule has 1 aromatic carbocycles. The molecule has 1 saturated heterocycles. The van der Waals surface area contributed by atoms with Gasteiger partial charge in [-0.15, -0.1) is 24.0 Å². The number of rotatable bonds is 8. The Morgan fingerprint density at radius 3 is 2.61 bits per heavy atom. The SMILES string of the molecule is CCNC(=NCC1(N(C)C)CCOCC1)NCCCc1ccc(Br)cc1F.I. The Morgan fingerprint density at radius 2 is 2.00 bits per heavy atom. The summed E-state index contributed by atoms with van der Waals surface area (Å²) >= 11 is 3.29. The molecule has 0 unspecified atom stereocenters. The van der Waals surface area contributed by atoms with Gasteiger partial charge in [0.05, 0.1) is 6.54 Å². The lowest BCUT2D eigenvalue weighted by Crippen LogP contribution is -2.51. The molecule has 1 aromatic rings. The van der Waals surface area contributed by atoms with Crippen LogP contribution in [0.25, 0.3) is 0 Å². The van der Waals surface area contributed by atoms with Crippen LogP contribution in [-0.4, -0.2) is 63.3 Å². The fraction of sp³-hybridized carbons (Fsp3) is 0.650. The van der Waals surface area contributed by atoms with Gasteiger partial charge in [0.2, 0.25) is 0 Å². The molecule has 0 saturated carbocycles. The number of ether oxygens (including phenoxy) is 1. The minimum Gasteiger partial charge on any atom is -0.381 e. The van der Waals surface area contributed by atoms with Crippen LogP contribution in [-0.2, 0) is 11.2 Å². The predicted molar refractivity (Wildman–Crippen MR) is 128 cm³/mol. The highest BCUT2D eigenvalue weighted by molar-refractivity contribution is 14.0. The van der Waals surface area contributed by atoms with E-state index in [0.29, 0.717) is 6.42 Å². The van der Waals surface area contributed by atoms with Crippen molar-refractivity contribution in [1.82, 2.24) is 15.5 Å². The van der Waals surface area contributed by atoms with Crippen LogP contribution in [0.2, 0.25) is 0 Å². The van der Waals surface area contributed by atoms with Crippen molar-refractivity contribution in [3.8, 4) is 0 Å². The van der Waals surface area contributed by atoms with Crippen molar-refractivity contribution in [2.75, 3.05) is 46.9 Å². The molecule has 1 aliphatic heterocycles. The zero-order chi connectivity index (χ0) is 19.7. The summed E-state index contributed by atoms with van der Waals surface area (Å²) in [6.45, 7) is 5.93. The zero-order valence-corrected chi connectivity index (χ0v) is 21.0. The van der Waals surface area contributed by atoms with E-state index in [9.17, 15) is 4.39 Å². The largest absolute Gasteiger partial charge is 0.381 e. The fourth-order valence-electron chi connectivity index (χ4n) is 3.28. The third-order valence-corrected chi connectivity index (χ3v) is 5.67. The lowest BCUT2D eigenvalue weighted by Gasteiger charge is -2.41. The maximum Gasteiger partial charge on any atom is 0.191 e. The molecule has 1 aliphatic rings. The van der Waals surface area contributed by atoms with Gasteiger partial charge in [-0.2, -0.15) is 0 Å². The Labute approximate surface area is 194 Å². The summed E-state index contributed by atoms with van der Waals surface area (Å²) in [5, 5.41) is 6.68. The minimum atomic E-state index is -0.155. The smallest absolute Gasteiger partial charge is 0.191 e. The molecule has 0 amide bonds. The van der Waals surface area contributed by atoms with Crippen LogP contribution in [0, 0.1) is 5.82 Å². The van der Waals surface area contributed by atoms with Gasteiger partial charge in [0.15, 0.2) is 5.96 Å². The standard InChI is InChI=1S/C20H32BrFN4O.HI/c1-4-23-19(25-15-20(26(2)3)9-12-27-13-10-20)24-11-5-6-16-7-8-17(21)14-18(16)22;/h7-8,14H,4-6,9-13,15H2,1-3H3,(H2,23,24,25);1H. The second-order valence-electron chi connectivity index (χ2n) is 7.19. The zero-order valence-electron chi connectivity index (χ0n) is 17.1. The fourth-order valence-corrected chi connectivity index (χ4v) is 3.61. The van der Waals surface area contributed by atoms with Gasteiger partial charge in [-0.05, 0) is 64.4 Å². The lowest BCUT2D eigenvalue weighted by atomic mass is 9.89. The summed E-state index contributed by atoms with van der Waals surface area (Å²) in [4.78, 5) is 7.10. The summed E-state index contributed by atoms with van der Waals surface area (Å²) < 4.78 is 20.2. The molecule has 0 aromatic heterocycles. The average molecular weight is 571 g/mol. The third kappa shape index (κ3) is 7.76. The molecule has 160 valence electrons. The quantitative estimate of drug-likeness (QED) is 0.216. The van der Waals surface area contributed by atoms with E-state index in [0.717, 1.165) is 68.1 Å². The second-order valence-corrected chi connectivity index (χ2v) is 8.11. The van der Waals surface area contributed by atoms with Gasteiger partial charge in [-0.3, -0.25) is 4.99 Å². The van der Waals surface area contributed by atoms with Crippen LogP contribution < -0.4 is 10.6 Å². The van der Waals surface area contributed by atoms with Crippen LogP contribution in [0.15, 0.2) is 27.7 Å². The monoisotopic (exact) mass is 570 g/mol. The van der Waals surface area contributed by atoms with E-state index < -0.39 is 0 Å². The third-order valence-electron chi connectivity index (χ3n) is 5.18. The number of aryl methyl sites for hydroxylation is 1. The number of likely N-dealkylation sites (N-methyl/N-ethyl adjacent to an activating group) is 1. The second kappa shape index (κ2) is 13.0. The summed E-state index contributed by atoms with van der Waals surface area (Å²) in [7, 11) is 4.24. The first-order valence-electron chi connectivity index (χ1n) is 9.68. The van der Waals surface area contributed by atoms with Crippen molar-refractivity contribution in [2.24, 2.45) is 4.99 Å². The number of aliphatic imine (C=N–C) groups is 1. The number of nitrogens with one attached hydrogen (secondary N) is 2. The van der Waals surface area contributed by atoms with Crippen molar-refractivity contribution in [1.29, 1.82) is 0 Å². The van der Waals surface area contributed by atoms with E-state index in [-0.39, 0.29) is 35.3 Å². The molecular weight excluding hydrogens is 538 g/mol. The van der Waals surface area contributed by atoms with E-state index in [2.05, 4.69) is 52.5 Å². The summed E-state index contributed by atoms with van der Waals surface area (Å²) in [5.41, 5.74) is 0.803. The number of hydrogen-bond donors (Lipinski definition) is 2. The molecule has 28 heavy (non-hydrogen) atoms. The Kier molecular flexibility index (Phi) is 11.9. The summed E-state index contributed by atoms with van der Waals surface area (Å²) in [6, 6.07) is 5.24.